The van der Waals surface area contributed by atoms with Crippen LogP contribution in [-0.4, -0.2) is 4.40 Å². The quantitative estimate of drug-likeness (QED) is 0.245. The van der Waals surface area contributed by atoms with Crippen molar-refractivity contribution in [2.75, 3.05) is 0 Å². The SMILES string of the molecule is c1ccc2c(c1)oc1cc3c(cc12)c1cccc2c4cc5oc6ccccc6c5cc4n3c12. The van der Waals surface area contributed by atoms with Gasteiger partial charge in [-0.25, -0.2) is 0 Å². The number of para-hydroxylation sites is 3. The maximum absolute atomic E-state index is 6.25. The molecular formula is C30H15NO2. The minimum Gasteiger partial charge on any atom is -0.456 e. The smallest absolute Gasteiger partial charge is 0.137 e. The Morgan fingerprint density at radius 1 is 0.394 bits per heavy atom. The summed E-state index contributed by atoms with van der Waals surface area (Å²) in [5, 5.41) is 9.63. The summed E-state index contributed by atoms with van der Waals surface area (Å²) in [7, 11) is 0. The molecule has 152 valence electrons. The maximum atomic E-state index is 6.25. The van der Waals surface area contributed by atoms with Gasteiger partial charge in [-0.15, -0.1) is 0 Å². The Labute approximate surface area is 186 Å². The predicted molar refractivity (Wildman–Crippen MR) is 136 cm³/mol. The maximum Gasteiger partial charge on any atom is 0.137 e. The van der Waals surface area contributed by atoms with Gasteiger partial charge in [-0.2, -0.15) is 0 Å². The van der Waals surface area contributed by atoms with Gasteiger partial charge in [0.15, 0.2) is 0 Å². The predicted octanol–water partition coefficient (Wildman–Crippen LogP) is 8.64. The van der Waals surface area contributed by atoms with Crippen LogP contribution in [0.5, 0.6) is 0 Å². The molecule has 0 unspecified atom stereocenters. The van der Waals surface area contributed by atoms with E-state index >= 15 is 0 Å². The second kappa shape index (κ2) is 5.28. The van der Waals surface area contributed by atoms with Gasteiger partial charge >= 0.3 is 0 Å². The zero-order chi connectivity index (χ0) is 21.3. The van der Waals surface area contributed by atoms with E-state index in [1.165, 1.54) is 43.5 Å². The summed E-state index contributed by atoms with van der Waals surface area (Å²) >= 11 is 0. The van der Waals surface area contributed by atoms with Crippen LogP contribution in [0.4, 0.5) is 0 Å². The monoisotopic (exact) mass is 421 g/mol. The molecule has 4 aromatic heterocycles. The third-order valence-electron chi connectivity index (χ3n) is 7.31. The molecule has 9 rings (SSSR count). The van der Waals surface area contributed by atoms with Gasteiger partial charge in [0, 0.05) is 49.2 Å². The highest BCUT2D eigenvalue weighted by molar-refractivity contribution is 6.27. The molecule has 5 aromatic carbocycles. The number of fused-ring (bicyclic) bond motifs is 12. The van der Waals surface area contributed by atoms with E-state index in [2.05, 4.69) is 71.1 Å². The van der Waals surface area contributed by atoms with Crippen molar-refractivity contribution in [3.05, 3.63) is 91.0 Å². The molecular weight excluding hydrogens is 406 g/mol. The molecule has 0 radical (unpaired) electrons. The molecule has 0 saturated carbocycles. The molecule has 0 fully saturated rings. The van der Waals surface area contributed by atoms with Gasteiger partial charge in [0.1, 0.15) is 22.3 Å². The van der Waals surface area contributed by atoms with E-state index in [4.69, 9.17) is 8.83 Å². The zero-order valence-corrected chi connectivity index (χ0v) is 17.4. The molecule has 0 amide bonds. The number of nitrogens with zero attached hydrogens (tertiary/aromatic N) is 1. The average molecular weight is 421 g/mol. The lowest BCUT2D eigenvalue weighted by atomic mass is 10.0. The third kappa shape index (κ3) is 1.81. The summed E-state index contributed by atoms with van der Waals surface area (Å²) in [6.07, 6.45) is 0. The van der Waals surface area contributed by atoms with Crippen LogP contribution in [-0.2, 0) is 0 Å². The molecule has 3 nitrogen and oxygen atoms in total. The summed E-state index contributed by atoms with van der Waals surface area (Å²) in [6, 6.07) is 32.2. The number of aromatic nitrogens is 1. The lowest BCUT2D eigenvalue weighted by Gasteiger charge is -1.99. The van der Waals surface area contributed by atoms with Gasteiger partial charge in [-0.3, -0.25) is 0 Å². The van der Waals surface area contributed by atoms with Crippen LogP contribution >= 0.6 is 0 Å². The average Bonchev–Trinajstić information content (AvgIpc) is 3.57. The minimum absolute atomic E-state index is 0.924. The van der Waals surface area contributed by atoms with Crippen molar-refractivity contribution >= 4 is 82.0 Å². The molecule has 0 N–H and O–H groups in total. The third-order valence-corrected chi connectivity index (χ3v) is 7.31. The normalized spacial score (nSPS) is 12.8. The van der Waals surface area contributed by atoms with Crippen molar-refractivity contribution in [3.8, 4) is 0 Å². The van der Waals surface area contributed by atoms with Gasteiger partial charge in [0.25, 0.3) is 0 Å². The Bertz CT molecular complexity index is 2240. The van der Waals surface area contributed by atoms with Gasteiger partial charge < -0.3 is 13.2 Å². The van der Waals surface area contributed by atoms with E-state index in [0.717, 1.165) is 38.5 Å². The topological polar surface area (TPSA) is 30.7 Å². The highest BCUT2D eigenvalue weighted by atomic mass is 16.3. The first-order valence-electron chi connectivity index (χ1n) is 11.2. The number of benzene rings is 5. The number of furan rings is 2. The van der Waals surface area contributed by atoms with Gasteiger partial charge in [0.05, 0.1) is 16.6 Å². The molecule has 9 aromatic rings. The highest BCUT2D eigenvalue weighted by Crippen LogP contribution is 2.43. The van der Waals surface area contributed by atoms with E-state index in [-0.39, 0.29) is 0 Å². The fourth-order valence-electron chi connectivity index (χ4n) is 5.91. The number of hydrogen-bond donors (Lipinski definition) is 0. The van der Waals surface area contributed by atoms with Crippen LogP contribution in [0.2, 0.25) is 0 Å². The van der Waals surface area contributed by atoms with E-state index in [0.29, 0.717) is 0 Å². The van der Waals surface area contributed by atoms with Crippen LogP contribution in [0.3, 0.4) is 0 Å². The lowest BCUT2D eigenvalue weighted by molar-refractivity contribution is 0.669. The van der Waals surface area contributed by atoms with Crippen LogP contribution in [0.15, 0.2) is 99.8 Å². The molecule has 0 bridgehead atoms. The van der Waals surface area contributed by atoms with E-state index < -0.39 is 0 Å². The molecule has 4 heterocycles. The van der Waals surface area contributed by atoms with Crippen molar-refractivity contribution < 1.29 is 8.83 Å². The van der Waals surface area contributed by atoms with E-state index in [9.17, 15) is 0 Å². The van der Waals surface area contributed by atoms with Crippen LogP contribution in [0.1, 0.15) is 0 Å². The Kier molecular flexibility index (Phi) is 2.59. The van der Waals surface area contributed by atoms with Gasteiger partial charge in [-0.05, 0) is 30.3 Å². The summed E-state index contributed by atoms with van der Waals surface area (Å²) in [5.41, 5.74) is 7.35. The molecule has 0 spiro atoms. The summed E-state index contributed by atoms with van der Waals surface area (Å²) < 4.78 is 14.9. The highest BCUT2D eigenvalue weighted by Gasteiger charge is 2.20. The van der Waals surface area contributed by atoms with Gasteiger partial charge in [-0.1, -0.05) is 54.6 Å². The standard InChI is InChI=1S/C30H15NO2/c1-3-10-26-16(6-1)22-12-20-18-8-5-9-19-21-14-28-23(17-7-2-4-11-27(17)32-28)13-24(21)31(30(18)19)25(20)15-29(22)33-26/h1-15H. The summed E-state index contributed by atoms with van der Waals surface area (Å²) in [5.74, 6) is 0. The molecule has 0 aliphatic carbocycles. The molecule has 0 aliphatic rings. The van der Waals surface area contributed by atoms with Crippen molar-refractivity contribution in [3.63, 3.8) is 0 Å². The van der Waals surface area contributed by atoms with Crippen LogP contribution in [0.25, 0.3) is 82.0 Å². The molecule has 3 heteroatoms. The first-order valence-corrected chi connectivity index (χ1v) is 11.2. The second-order valence-electron chi connectivity index (χ2n) is 8.96. The number of rotatable bonds is 0. The van der Waals surface area contributed by atoms with Gasteiger partial charge in [0.2, 0.25) is 0 Å². The van der Waals surface area contributed by atoms with Crippen molar-refractivity contribution in [1.29, 1.82) is 0 Å². The van der Waals surface area contributed by atoms with Crippen LogP contribution in [0, 0.1) is 0 Å². The first kappa shape index (κ1) is 16.2. The molecule has 0 saturated heterocycles. The Balaban J connectivity index is 1.55. The minimum atomic E-state index is 0.924. The Morgan fingerprint density at radius 3 is 1.67 bits per heavy atom. The molecule has 33 heavy (non-hydrogen) atoms. The van der Waals surface area contributed by atoms with Crippen molar-refractivity contribution in [1.82, 2.24) is 4.40 Å². The Hall–Kier alpha value is -4.50. The first-order chi connectivity index (χ1) is 16.3. The molecule has 0 atom stereocenters. The summed E-state index contributed by atoms with van der Waals surface area (Å²) in [6.45, 7) is 0. The summed E-state index contributed by atoms with van der Waals surface area (Å²) in [4.78, 5) is 0. The van der Waals surface area contributed by atoms with Crippen molar-refractivity contribution in [2.24, 2.45) is 0 Å². The fraction of sp³-hybridized carbons (Fsp3) is 0. The largest absolute Gasteiger partial charge is 0.456 e. The molecule has 0 aliphatic heterocycles. The van der Waals surface area contributed by atoms with Crippen molar-refractivity contribution in [2.45, 2.75) is 0 Å². The number of hydrogen-bond acceptors (Lipinski definition) is 2. The van der Waals surface area contributed by atoms with E-state index in [1.807, 2.05) is 24.3 Å². The van der Waals surface area contributed by atoms with Crippen LogP contribution < -0.4 is 0 Å². The lowest BCUT2D eigenvalue weighted by Crippen LogP contribution is -1.80. The Morgan fingerprint density at radius 2 is 0.939 bits per heavy atom. The fourth-order valence-corrected chi connectivity index (χ4v) is 5.91. The van der Waals surface area contributed by atoms with E-state index in [1.54, 1.807) is 0 Å². The second-order valence-corrected chi connectivity index (χ2v) is 8.96. The zero-order valence-electron chi connectivity index (χ0n) is 17.4.